The fourth-order valence-corrected chi connectivity index (χ4v) is 3.87. The Morgan fingerprint density at radius 1 is 0.862 bits per heavy atom. The summed E-state index contributed by atoms with van der Waals surface area (Å²) in [6.45, 7) is 2.08. The molecule has 2 aromatic rings. The van der Waals surface area contributed by atoms with E-state index in [0.29, 0.717) is 37.2 Å². The van der Waals surface area contributed by atoms with Crippen molar-refractivity contribution >= 4 is 23.5 Å². The second kappa shape index (κ2) is 8.47. The van der Waals surface area contributed by atoms with Crippen LogP contribution < -0.4 is 4.90 Å². The summed E-state index contributed by atoms with van der Waals surface area (Å²) in [7, 11) is 0. The lowest BCUT2D eigenvalue weighted by atomic mass is 10.1. The molecule has 0 saturated carbocycles. The summed E-state index contributed by atoms with van der Waals surface area (Å²) < 4.78 is 5.67. The maximum Gasteiger partial charge on any atom is 0.339 e. The molecule has 150 valence electrons. The Labute approximate surface area is 170 Å². The van der Waals surface area contributed by atoms with Gasteiger partial charge in [0, 0.05) is 37.3 Å². The first-order valence-electron chi connectivity index (χ1n) is 10.1. The van der Waals surface area contributed by atoms with E-state index in [1.54, 1.807) is 46.2 Å². The normalized spacial score (nSPS) is 17.4. The lowest BCUT2D eigenvalue weighted by Gasteiger charge is -2.23. The van der Waals surface area contributed by atoms with Crippen molar-refractivity contribution in [3.8, 4) is 0 Å². The van der Waals surface area contributed by atoms with Crippen LogP contribution in [-0.2, 0) is 14.3 Å². The number of carbonyl (C=O) groups excluding carboxylic acids is 3. The molecule has 0 N–H and O–H groups in total. The third-order valence-electron chi connectivity index (χ3n) is 5.46. The molecule has 2 heterocycles. The van der Waals surface area contributed by atoms with Gasteiger partial charge in [-0.3, -0.25) is 9.59 Å². The SMILES string of the molecule is O=C(O[C@H](C(=O)N1CCCC1)c1ccccc1)c1ccc(N2CCCC2=O)cc1. The van der Waals surface area contributed by atoms with Gasteiger partial charge in [0.2, 0.25) is 12.0 Å². The van der Waals surface area contributed by atoms with E-state index in [1.807, 2.05) is 18.2 Å². The number of esters is 1. The minimum Gasteiger partial charge on any atom is -0.444 e. The summed E-state index contributed by atoms with van der Waals surface area (Å²) in [5, 5.41) is 0. The van der Waals surface area contributed by atoms with Crippen LogP contribution in [0.25, 0.3) is 0 Å². The molecule has 0 bridgehead atoms. The molecule has 2 aromatic carbocycles. The highest BCUT2D eigenvalue weighted by Crippen LogP contribution is 2.26. The molecule has 2 saturated heterocycles. The van der Waals surface area contributed by atoms with Crippen LogP contribution in [0.5, 0.6) is 0 Å². The summed E-state index contributed by atoms with van der Waals surface area (Å²) in [5.74, 6) is -0.632. The molecule has 4 rings (SSSR count). The standard InChI is InChI=1S/C23H24N2O4/c26-20-9-6-16-25(20)19-12-10-18(11-13-19)23(28)29-21(17-7-2-1-3-8-17)22(27)24-14-4-5-15-24/h1-3,7-8,10-13,21H,4-6,9,14-16H2/t21-/m0/s1. The van der Waals surface area contributed by atoms with Crippen molar-refractivity contribution in [2.24, 2.45) is 0 Å². The highest BCUT2D eigenvalue weighted by Gasteiger charge is 2.31. The predicted molar refractivity (Wildman–Crippen MR) is 108 cm³/mol. The number of amides is 2. The Morgan fingerprint density at radius 3 is 2.17 bits per heavy atom. The molecule has 0 spiro atoms. The Kier molecular flexibility index (Phi) is 5.60. The zero-order valence-electron chi connectivity index (χ0n) is 16.3. The predicted octanol–water partition coefficient (Wildman–Crippen LogP) is 3.33. The molecule has 2 aliphatic heterocycles. The van der Waals surface area contributed by atoms with Crippen molar-refractivity contribution in [2.75, 3.05) is 24.5 Å². The zero-order valence-corrected chi connectivity index (χ0v) is 16.3. The number of nitrogens with zero attached hydrogens (tertiary/aromatic N) is 2. The molecule has 6 heteroatoms. The molecule has 6 nitrogen and oxygen atoms in total. The zero-order chi connectivity index (χ0) is 20.2. The average Bonchev–Trinajstić information content (AvgIpc) is 3.44. The van der Waals surface area contributed by atoms with E-state index in [0.717, 1.165) is 24.9 Å². The molecule has 0 unspecified atom stereocenters. The number of benzene rings is 2. The summed E-state index contributed by atoms with van der Waals surface area (Å²) >= 11 is 0. The van der Waals surface area contributed by atoms with E-state index in [-0.39, 0.29) is 11.8 Å². The summed E-state index contributed by atoms with van der Waals surface area (Å²) in [4.78, 5) is 41.1. The Hall–Kier alpha value is -3.15. The summed E-state index contributed by atoms with van der Waals surface area (Å²) in [6.07, 6.45) is 2.39. The first-order chi connectivity index (χ1) is 14.1. The van der Waals surface area contributed by atoms with Crippen molar-refractivity contribution in [1.82, 2.24) is 4.90 Å². The van der Waals surface area contributed by atoms with E-state index >= 15 is 0 Å². The Balaban J connectivity index is 1.51. The van der Waals surface area contributed by atoms with Crippen LogP contribution in [0.1, 0.15) is 47.7 Å². The third-order valence-corrected chi connectivity index (χ3v) is 5.46. The van der Waals surface area contributed by atoms with Gasteiger partial charge in [-0.15, -0.1) is 0 Å². The first kappa shape index (κ1) is 19.2. The van der Waals surface area contributed by atoms with Crippen molar-refractivity contribution in [3.63, 3.8) is 0 Å². The van der Waals surface area contributed by atoms with E-state index in [1.165, 1.54) is 0 Å². The van der Waals surface area contributed by atoms with Gasteiger partial charge in [0.1, 0.15) is 0 Å². The Morgan fingerprint density at radius 2 is 1.55 bits per heavy atom. The summed E-state index contributed by atoms with van der Waals surface area (Å²) in [6, 6.07) is 15.9. The number of rotatable bonds is 5. The largest absolute Gasteiger partial charge is 0.444 e. The van der Waals surface area contributed by atoms with Crippen molar-refractivity contribution in [3.05, 3.63) is 65.7 Å². The molecule has 2 fully saturated rings. The topological polar surface area (TPSA) is 66.9 Å². The van der Waals surface area contributed by atoms with Crippen molar-refractivity contribution in [1.29, 1.82) is 0 Å². The Bertz CT molecular complexity index is 889. The number of likely N-dealkylation sites (tertiary alicyclic amines) is 1. The van der Waals surface area contributed by atoms with Gasteiger partial charge < -0.3 is 14.5 Å². The maximum atomic E-state index is 13.0. The molecule has 0 radical (unpaired) electrons. The molecule has 0 aromatic heterocycles. The van der Waals surface area contributed by atoms with Crippen LogP contribution in [0.2, 0.25) is 0 Å². The van der Waals surface area contributed by atoms with Gasteiger partial charge >= 0.3 is 5.97 Å². The minimum atomic E-state index is -0.957. The number of hydrogen-bond acceptors (Lipinski definition) is 4. The quantitative estimate of drug-likeness (QED) is 0.732. The van der Waals surface area contributed by atoms with Crippen molar-refractivity contribution < 1.29 is 19.1 Å². The first-order valence-corrected chi connectivity index (χ1v) is 10.1. The van der Waals surface area contributed by atoms with Gasteiger partial charge in [0.05, 0.1) is 5.56 Å². The van der Waals surface area contributed by atoms with E-state index < -0.39 is 12.1 Å². The van der Waals surface area contributed by atoms with Gasteiger partial charge in [0.25, 0.3) is 5.91 Å². The monoisotopic (exact) mass is 392 g/mol. The minimum absolute atomic E-state index is 0.0979. The molecular weight excluding hydrogens is 368 g/mol. The number of anilines is 1. The smallest absolute Gasteiger partial charge is 0.339 e. The molecule has 0 aliphatic carbocycles. The second-order valence-corrected chi connectivity index (χ2v) is 7.42. The van der Waals surface area contributed by atoms with Gasteiger partial charge in [0.15, 0.2) is 0 Å². The fourth-order valence-electron chi connectivity index (χ4n) is 3.87. The van der Waals surface area contributed by atoms with Gasteiger partial charge in [-0.2, -0.15) is 0 Å². The average molecular weight is 392 g/mol. The molecule has 1 atom stereocenters. The molecule has 2 amide bonds. The van der Waals surface area contributed by atoms with E-state index in [2.05, 4.69) is 0 Å². The van der Waals surface area contributed by atoms with Gasteiger partial charge in [-0.05, 0) is 43.5 Å². The van der Waals surface area contributed by atoms with Crippen LogP contribution in [0.4, 0.5) is 5.69 Å². The number of carbonyl (C=O) groups is 3. The van der Waals surface area contributed by atoms with Crippen LogP contribution in [0.15, 0.2) is 54.6 Å². The lowest BCUT2D eigenvalue weighted by molar-refractivity contribution is -0.140. The van der Waals surface area contributed by atoms with E-state index in [9.17, 15) is 14.4 Å². The van der Waals surface area contributed by atoms with Crippen molar-refractivity contribution in [2.45, 2.75) is 31.8 Å². The van der Waals surface area contributed by atoms with E-state index in [4.69, 9.17) is 4.74 Å². The molecule has 29 heavy (non-hydrogen) atoms. The van der Waals surface area contributed by atoms with Gasteiger partial charge in [-0.25, -0.2) is 4.79 Å². The maximum absolute atomic E-state index is 13.0. The molecular formula is C23H24N2O4. The second-order valence-electron chi connectivity index (χ2n) is 7.42. The lowest BCUT2D eigenvalue weighted by Crippen LogP contribution is -2.34. The highest BCUT2D eigenvalue weighted by atomic mass is 16.5. The number of hydrogen-bond donors (Lipinski definition) is 0. The van der Waals surface area contributed by atoms with Crippen LogP contribution in [-0.4, -0.2) is 42.3 Å². The highest BCUT2D eigenvalue weighted by molar-refractivity contribution is 5.97. The fraction of sp³-hybridized carbons (Fsp3) is 0.348. The van der Waals surface area contributed by atoms with Gasteiger partial charge in [-0.1, -0.05) is 30.3 Å². The number of ether oxygens (including phenoxy) is 1. The van der Waals surface area contributed by atoms with Crippen LogP contribution in [0.3, 0.4) is 0 Å². The van der Waals surface area contributed by atoms with Crippen LogP contribution >= 0.6 is 0 Å². The third kappa shape index (κ3) is 4.16. The van der Waals surface area contributed by atoms with Crippen LogP contribution in [0, 0.1) is 0 Å². The summed E-state index contributed by atoms with van der Waals surface area (Å²) in [5.41, 5.74) is 1.80. The molecule has 2 aliphatic rings.